The van der Waals surface area contributed by atoms with E-state index in [-0.39, 0.29) is 0 Å². The summed E-state index contributed by atoms with van der Waals surface area (Å²) >= 11 is 3.52. The van der Waals surface area contributed by atoms with Crippen molar-refractivity contribution in [3.63, 3.8) is 0 Å². The zero-order chi connectivity index (χ0) is 13.7. The number of rotatable bonds is 8. The molecule has 0 aliphatic heterocycles. The summed E-state index contributed by atoms with van der Waals surface area (Å²) in [7, 11) is 0. The molecule has 0 atom stereocenters. The van der Waals surface area contributed by atoms with E-state index in [1.165, 1.54) is 18.4 Å². The van der Waals surface area contributed by atoms with E-state index in [2.05, 4.69) is 50.7 Å². The lowest BCUT2D eigenvalue weighted by Gasteiger charge is -2.24. The smallest absolute Gasteiger partial charge is 0.133 e. The number of halogens is 1. The van der Waals surface area contributed by atoms with Crippen molar-refractivity contribution in [1.29, 1.82) is 0 Å². The van der Waals surface area contributed by atoms with Crippen molar-refractivity contribution in [2.75, 3.05) is 18.0 Å². The van der Waals surface area contributed by atoms with Gasteiger partial charge >= 0.3 is 0 Å². The number of anilines is 1. The summed E-state index contributed by atoms with van der Waals surface area (Å²) in [6, 6.07) is 2.82. The Hall–Kier alpha value is -0.870. The summed E-state index contributed by atoms with van der Waals surface area (Å²) in [5, 5.41) is 3.46. The van der Waals surface area contributed by atoms with E-state index in [0.29, 0.717) is 6.04 Å². The van der Waals surface area contributed by atoms with Gasteiger partial charge < -0.3 is 10.2 Å². The molecule has 2 rings (SSSR count). The highest BCUT2D eigenvalue weighted by molar-refractivity contribution is 9.10. The van der Waals surface area contributed by atoms with E-state index in [4.69, 9.17) is 0 Å². The molecule has 1 aromatic heterocycles. The average molecular weight is 324 g/mol. The second kappa shape index (κ2) is 7.06. The standard InChI is InChI=1S/C15H22BrN3/c1-3-7-17-10-12-9-13(16)11-18-15(12)19(8-4-2)14-5-6-14/h4,9,11,14,17H,2-3,5-8,10H2,1H3. The highest BCUT2D eigenvalue weighted by atomic mass is 79.9. The van der Waals surface area contributed by atoms with Gasteiger partial charge in [-0.3, -0.25) is 0 Å². The van der Waals surface area contributed by atoms with Crippen LogP contribution in [0.4, 0.5) is 5.82 Å². The Labute approximate surface area is 124 Å². The van der Waals surface area contributed by atoms with Crippen molar-refractivity contribution in [2.24, 2.45) is 0 Å². The van der Waals surface area contributed by atoms with E-state index < -0.39 is 0 Å². The van der Waals surface area contributed by atoms with Crippen molar-refractivity contribution >= 4 is 21.7 Å². The third-order valence-electron chi connectivity index (χ3n) is 3.24. The molecule has 1 N–H and O–H groups in total. The second-order valence-electron chi connectivity index (χ2n) is 4.99. The van der Waals surface area contributed by atoms with Gasteiger partial charge in [-0.25, -0.2) is 4.98 Å². The van der Waals surface area contributed by atoms with Gasteiger partial charge in [0.2, 0.25) is 0 Å². The van der Waals surface area contributed by atoms with Crippen LogP contribution in [0, 0.1) is 0 Å². The molecule has 0 aromatic carbocycles. The van der Waals surface area contributed by atoms with Crippen LogP contribution in [0.3, 0.4) is 0 Å². The molecule has 104 valence electrons. The number of pyridine rings is 1. The summed E-state index contributed by atoms with van der Waals surface area (Å²) in [5.41, 5.74) is 1.26. The SMILES string of the molecule is C=CCN(c1ncc(Br)cc1CNCCC)C1CC1. The Morgan fingerprint density at radius 3 is 3.00 bits per heavy atom. The molecule has 1 aliphatic carbocycles. The summed E-state index contributed by atoms with van der Waals surface area (Å²) in [4.78, 5) is 7.01. The molecular weight excluding hydrogens is 302 g/mol. The van der Waals surface area contributed by atoms with Gasteiger partial charge in [0, 0.05) is 35.4 Å². The normalized spacial score (nSPS) is 14.4. The van der Waals surface area contributed by atoms with Crippen LogP contribution in [0.2, 0.25) is 0 Å². The van der Waals surface area contributed by atoms with Crippen LogP contribution in [0.15, 0.2) is 29.4 Å². The Bertz CT molecular complexity index is 429. The van der Waals surface area contributed by atoms with Crippen molar-refractivity contribution in [2.45, 2.75) is 38.8 Å². The molecule has 1 saturated carbocycles. The van der Waals surface area contributed by atoms with Crippen LogP contribution in [0.1, 0.15) is 31.7 Å². The Morgan fingerprint density at radius 2 is 2.37 bits per heavy atom. The molecule has 0 unspecified atom stereocenters. The van der Waals surface area contributed by atoms with Crippen LogP contribution in [0.5, 0.6) is 0 Å². The van der Waals surface area contributed by atoms with E-state index in [0.717, 1.165) is 36.3 Å². The largest absolute Gasteiger partial charge is 0.350 e. The molecule has 19 heavy (non-hydrogen) atoms. The molecule has 4 heteroatoms. The number of hydrogen-bond donors (Lipinski definition) is 1. The van der Waals surface area contributed by atoms with E-state index in [1.54, 1.807) is 0 Å². The molecule has 0 amide bonds. The lowest BCUT2D eigenvalue weighted by Crippen LogP contribution is -2.29. The minimum Gasteiger partial charge on any atom is -0.350 e. The molecule has 3 nitrogen and oxygen atoms in total. The predicted molar refractivity (Wildman–Crippen MR) is 84.5 cm³/mol. The molecule has 1 heterocycles. The maximum absolute atomic E-state index is 4.63. The first-order valence-electron chi connectivity index (χ1n) is 6.99. The summed E-state index contributed by atoms with van der Waals surface area (Å²) < 4.78 is 1.04. The lowest BCUT2D eigenvalue weighted by atomic mass is 10.2. The number of nitrogens with zero attached hydrogens (tertiary/aromatic N) is 2. The summed E-state index contributed by atoms with van der Waals surface area (Å²) in [6.45, 7) is 8.83. The van der Waals surface area contributed by atoms with Crippen molar-refractivity contribution in [3.05, 3.63) is 35.0 Å². The first-order chi connectivity index (χ1) is 9.26. The maximum atomic E-state index is 4.63. The molecule has 0 radical (unpaired) electrons. The van der Waals surface area contributed by atoms with Gasteiger partial charge in [0.15, 0.2) is 0 Å². The molecular formula is C15H22BrN3. The highest BCUT2D eigenvalue weighted by Gasteiger charge is 2.30. The minimum absolute atomic E-state index is 0.650. The predicted octanol–water partition coefficient (Wildman–Crippen LogP) is 3.50. The first kappa shape index (κ1) is 14.5. The van der Waals surface area contributed by atoms with Crippen molar-refractivity contribution in [1.82, 2.24) is 10.3 Å². The van der Waals surface area contributed by atoms with E-state index >= 15 is 0 Å². The zero-order valence-electron chi connectivity index (χ0n) is 11.5. The molecule has 0 saturated heterocycles. The van der Waals surface area contributed by atoms with Gasteiger partial charge in [0.1, 0.15) is 5.82 Å². The van der Waals surface area contributed by atoms with Gasteiger partial charge in [-0.05, 0) is 47.8 Å². The Morgan fingerprint density at radius 1 is 1.58 bits per heavy atom. The first-order valence-corrected chi connectivity index (χ1v) is 7.78. The van der Waals surface area contributed by atoms with Crippen LogP contribution < -0.4 is 10.2 Å². The highest BCUT2D eigenvalue weighted by Crippen LogP contribution is 2.33. The third-order valence-corrected chi connectivity index (χ3v) is 3.67. The lowest BCUT2D eigenvalue weighted by molar-refractivity contribution is 0.670. The summed E-state index contributed by atoms with van der Waals surface area (Å²) in [5.74, 6) is 1.11. The monoisotopic (exact) mass is 323 g/mol. The molecule has 0 bridgehead atoms. The van der Waals surface area contributed by atoms with Crippen molar-refractivity contribution in [3.8, 4) is 0 Å². The average Bonchev–Trinajstić information content (AvgIpc) is 3.21. The molecule has 1 fully saturated rings. The van der Waals surface area contributed by atoms with Crippen molar-refractivity contribution < 1.29 is 0 Å². The summed E-state index contributed by atoms with van der Waals surface area (Å²) in [6.07, 6.45) is 7.54. The fourth-order valence-corrected chi connectivity index (χ4v) is 2.57. The molecule has 1 aromatic rings. The topological polar surface area (TPSA) is 28.2 Å². The number of hydrogen-bond acceptors (Lipinski definition) is 3. The molecule has 0 spiro atoms. The van der Waals surface area contributed by atoms with Crippen LogP contribution in [0.25, 0.3) is 0 Å². The maximum Gasteiger partial charge on any atom is 0.133 e. The Balaban J connectivity index is 2.18. The van der Waals surface area contributed by atoms with Crippen LogP contribution >= 0.6 is 15.9 Å². The third kappa shape index (κ3) is 4.05. The molecule has 1 aliphatic rings. The van der Waals surface area contributed by atoms with E-state index in [9.17, 15) is 0 Å². The minimum atomic E-state index is 0.650. The van der Waals surface area contributed by atoms with Gasteiger partial charge in [-0.2, -0.15) is 0 Å². The van der Waals surface area contributed by atoms with Crippen LogP contribution in [-0.4, -0.2) is 24.1 Å². The number of nitrogens with one attached hydrogen (secondary N) is 1. The van der Waals surface area contributed by atoms with Gasteiger partial charge in [-0.15, -0.1) is 6.58 Å². The van der Waals surface area contributed by atoms with E-state index in [1.807, 2.05) is 12.3 Å². The van der Waals surface area contributed by atoms with Gasteiger partial charge in [0.25, 0.3) is 0 Å². The number of aromatic nitrogens is 1. The second-order valence-corrected chi connectivity index (χ2v) is 5.90. The zero-order valence-corrected chi connectivity index (χ0v) is 13.1. The van der Waals surface area contributed by atoms with Gasteiger partial charge in [0.05, 0.1) is 0 Å². The van der Waals surface area contributed by atoms with Crippen LogP contribution in [-0.2, 0) is 6.54 Å². The Kier molecular flexibility index (Phi) is 5.40. The quantitative estimate of drug-likeness (QED) is 0.586. The fraction of sp³-hybridized carbons (Fsp3) is 0.533. The fourth-order valence-electron chi connectivity index (χ4n) is 2.20. The van der Waals surface area contributed by atoms with Gasteiger partial charge in [-0.1, -0.05) is 13.0 Å².